The molecule has 0 aliphatic rings. The third-order valence-electron chi connectivity index (χ3n) is 5.50. The number of nitrogens with two attached hydrogens (primary N) is 1. The monoisotopic (exact) mass is 471 g/mol. The van der Waals surface area contributed by atoms with E-state index in [4.69, 9.17) is 19.9 Å². The van der Waals surface area contributed by atoms with Crippen LogP contribution in [-0.4, -0.2) is 37.7 Å². The molecule has 4 aromatic rings. The number of hydrogen-bond acceptors (Lipinski definition) is 7. The normalized spacial score (nSPS) is 10.6. The molecular weight excluding hydrogens is 446 g/mol. The molecule has 0 spiro atoms. The van der Waals surface area contributed by atoms with Gasteiger partial charge in [0.15, 0.2) is 0 Å². The molecule has 0 aliphatic heterocycles. The molecule has 0 atom stereocenters. The zero-order valence-corrected chi connectivity index (χ0v) is 19.6. The summed E-state index contributed by atoms with van der Waals surface area (Å²) in [6.07, 6.45) is 1.44. The van der Waals surface area contributed by atoms with Crippen LogP contribution in [0.2, 0.25) is 0 Å². The van der Waals surface area contributed by atoms with E-state index in [1.54, 1.807) is 45.4 Å². The van der Waals surface area contributed by atoms with Gasteiger partial charge < -0.3 is 25.3 Å². The Labute approximate surface area is 202 Å². The summed E-state index contributed by atoms with van der Waals surface area (Å²) < 4.78 is 15.9. The van der Waals surface area contributed by atoms with Crippen molar-refractivity contribution in [2.45, 2.75) is 6.92 Å². The van der Waals surface area contributed by atoms with Gasteiger partial charge in [0.1, 0.15) is 11.5 Å². The maximum absolute atomic E-state index is 12.2. The number of fused-ring (bicyclic) bond motifs is 1. The van der Waals surface area contributed by atoms with Crippen LogP contribution in [0.1, 0.15) is 27.6 Å². The summed E-state index contributed by atoms with van der Waals surface area (Å²) in [5, 5.41) is 3.93. The minimum absolute atomic E-state index is 0.230. The summed E-state index contributed by atoms with van der Waals surface area (Å²) in [4.78, 5) is 28.8. The highest BCUT2D eigenvalue weighted by Gasteiger charge is 2.16. The SMILES string of the molecule is CCOC(=O)c1cccc(Nc2c(C(N)=O)cnc3cc(-c4ccc(OC)cc4OC)ccc23)c1. The number of benzene rings is 3. The molecule has 0 unspecified atom stereocenters. The van der Waals surface area contributed by atoms with E-state index in [-0.39, 0.29) is 12.2 Å². The van der Waals surface area contributed by atoms with Crippen LogP contribution in [0.25, 0.3) is 22.0 Å². The van der Waals surface area contributed by atoms with Gasteiger partial charge in [-0.3, -0.25) is 9.78 Å². The topological polar surface area (TPSA) is 113 Å². The van der Waals surface area contributed by atoms with Crippen molar-refractivity contribution in [3.05, 3.63) is 78.0 Å². The van der Waals surface area contributed by atoms with Crippen LogP contribution >= 0.6 is 0 Å². The molecule has 1 heterocycles. The molecule has 0 bridgehead atoms. The van der Waals surface area contributed by atoms with Gasteiger partial charge in [-0.15, -0.1) is 0 Å². The molecule has 8 heteroatoms. The van der Waals surface area contributed by atoms with Crippen LogP contribution in [0.4, 0.5) is 11.4 Å². The van der Waals surface area contributed by atoms with Crippen LogP contribution in [0.5, 0.6) is 11.5 Å². The van der Waals surface area contributed by atoms with E-state index in [0.29, 0.717) is 39.3 Å². The number of carbonyl (C=O) groups is 2. The fourth-order valence-electron chi connectivity index (χ4n) is 3.80. The molecule has 178 valence electrons. The Morgan fingerprint density at radius 3 is 2.54 bits per heavy atom. The number of nitrogens with one attached hydrogen (secondary N) is 1. The number of methoxy groups -OCH3 is 2. The first-order valence-electron chi connectivity index (χ1n) is 10.9. The first kappa shape index (κ1) is 23.6. The lowest BCUT2D eigenvalue weighted by molar-refractivity contribution is 0.0526. The summed E-state index contributed by atoms with van der Waals surface area (Å²) in [5.74, 6) is 0.298. The molecule has 3 N–H and O–H groups in total. The Kier molecular flexibility index (Phi) is 6.82. The highest BCUT2D eigenvalue weighted by atomic mass is 16.5. The molecule has 0 saturated carbocycles. The standard InChI is InChI=1S/C27H25N3O5/c1-4-35-27(32)17-6-5-7-18(12-17)30-25-21-10-8-16(13-23(21)29-15-22(25)26(28)31)20-11-9-19(33-2)14-24(20)34-3/h5-15H,4H2,1-3H3,(H2,28,31)(H,29,30). The minimum atomic E-state index is -0.621. The molecule has 1 amide bonds. The lowest BCUT2D eigenvalue weighted by Gasteiger charge is -2.15. The number of amides is 1. The predicted octanol–water partition coefficient (Wildman–Crippen LogP) is 4.94. The van der Waals surface area contributed by atoms with Gasteiger partial charge in [-0.05, 0) is 48.9 Å². The van der Waals surface area contributed by atoms with Gasteiger partial charge in [0.2, 0.25) is 0 Å². The second-order valence-corrected chi connectivity index (χ2v) is 7.64. The summed E-state index contributed by atoms with van der Waals surface area (Å²) in [6, 6.07) is 18.1. The number of aromatic nitrogens is 1. The van der Waals surface area contributed by atoms with Crippen LogP contribution < -0.4 is 20.5 Å². The Hall–Kier alpha value is -4.59. The number of hydrogen-bond donors (Lipinski definition) is 2. The lowest BCUT2D eigenvalue weighted by atomic mass is 10.0. The van der Waals surface area contributed by atoms with E-state index >= 15 is 0 Å². The van der Waals surface area contributed by atoms with Crippen molar-refractivity contribution in [3.8, 4) is 22.6 Å². The van der Waals surface area contributed by atoms with Gasteiger partial charge in [-0.2, -0.15) is 0 Å². The minimum Gasteiger partial charge on any atom is -0.497 e. The molecule has 1 aromatic heterocycles. The Morgan fingerprint density at radius 2 is 1.83 bits per heavy atom. The van der Waals surface area contributed by atoms with Crippen LogP contribution in [0, 0.1) is 0 Å². The van der Waals surface area contributed by atoms with E-state index < -0.39 is 11.9 Å². The lowest BCUT2D eigenvalue weighted by Crippen LogP contribution is -2.14. The summed E-state index contributed by atoms with van der Waals surface area (Å²) in [5.41, 5.74) is 9.76. The van der Waals surface area contributed by atoms with E-state index in [0.717, 1.165) is 11.1 Å². The van der Waals surface area contributed by atoms with Crippen molar-refractivity contribution in [1.29, 1.82) is 0 Å². The van der Waals surface area contributed by atoms with Crippen LogP contribution in [0.15, 0.2) is 66.9 Å². The second kappa shape index (κ2) is 10.1. The fourth-order valence-corrected chi connectivity index (χ4v) is 3.80. The highest BCUT2D eigenvalue weighted by molar-refractivity contribution is 6.08. The van der Waals surface area contributed by atoms with Crippen molar-refractivity contribution in [1.82, 2.24) is 4.98 Å². The van der Waals surface area contributed by atoms with Gasteiger partial charge in [-0.1, -0.05) is 18.2 Å². The van der Waals surface area contributed by atoms with E-state index in [2.05, 4.69) is 10.3 Å². The van der Waals surface area contributed by atoms with Crippen molar-refractivity contribution in [2.24, 2.45) is 5.73 Å². The molecule has 0 radical (unpaired) electrons. The van der Waals surface area contributed by atoms with Crippen molar-refractivity contribution >= 4 is 34.2 Å². The molecule has 4 rings (SSSR count). The number of anilines is 2. The zero-order chi connectivity index (χ0) is 24.9. The molecule has 3 aromatic carbocycles. The van der Waals surface area contributed by atoms with Crippen molar-refractivity contribution in [3.63, 3.8) is 0 Å². The molecule has 0 fully saturated rings. The quantitative estimate of drug-likeness (QED) is 0.350. The summed E-state index contributed by atoms with van der Waals surface area (Å²) in [6.45, 7) is 2.02. The zero-order valence-electron chi connectivity index (χ0n) is 19.6. The third-order valence-corrected chi connectivity index (χ3v) is 5.50. The number of ether oxygens (including phenoxy) is 3. The Bertz CT molecular complexity index is 1420. The average Bonchev–Trinajstić information content (AvgIpc) is 2.88. The predicted molar refractivity (Wildman–Crippen MR) is 134 cm³/mol. The number of nitrogens with zero attached hydrogens (tertiary/aromatic N) is 1. The van der Waals surface area contributed by atoms with Gasteiger partial charge in [-0.25, -0.2) is 4.79 Å². The van der Waals surface area contributed by atoms with E-state index in [1.165, 1.54) is 6.20 Å². The Balaban J connectivity index is 1.79. The van der Waals surface area contributed by atoms with Gasteiger partial charge in [0.25, 0.3) is 5.91 Å². The van der Waals surface area contributed by atoms with Gasteiger partial charge in [0, 0.05) is 28.9 Å². The molecular formula is C27H25N3O5. The number of primary amides is 1. The Morgan fingerprint density at radius 1 is 1.00 bits per heavy atom. The third kappa shape index (κ3) is 4.86. The first-order chi connectivity index (χ1) is 16.9. The summed E-state index contributed by atoms with van der Waals surface area (Å²) >= 11 is 0. The number of pyridine rings is 1. The molecule has 35 heavy (non-hydrogen) atoms. The van der Waals surface area contributed by atoms with Gasteiger partial charge in [0.05, 0.1) is 43.2 Å². The molecule has 0 saturated heterocycles. The maximum Gasteiger partial charge on any atom is 0.338 e. The summed E-state index contributed by atoms with van der Waals surface area (Å²) in [7, 11) is 3.20. The van der Waals surface area contributed by atoms with E-state index in [1.807, 2.05) is 36.4 Å². The smallest absolute Gasteiger partial charge is 0.338 e. The van der Waals surface area contributed by atoms with Gasteiger partial charge >= 0.3 is 5.97 Å². The van der Waals surface area contributed by atoms with Crippen LogP contribution in [-0.2, 0) is 4.74 Å². The van der Waals surface area contributed by atoms with Crippen molar-refractivity contribution < 1.29 is 23.8 Å². The number of rotatable bonds is 8. The first-order valence-corrected chi connectivity index (χ1v) is 10.9. The van der Waals surface area contributed by atoms with E-state index in [9.17, 15) is 9.59 Å². The maximum atomic E-state index is 12.2. The van der Waals surface area contributed by atoms with Crippen molar-refractivity contribution in [2.75, 3.05) is 26.1 Å². The second-order valence-electron chi connectivity index (χ2n) is 7.64. The fraction of sp³-hybridized carbons (Fsp3) is 0.148. The molecule has 0 aliphatic carbocycles. The largest absolute Gasteiger partial charge is 0.497 e. The average molecular weight is 472 g/mol. The highest BCUT2D eigenvalue weighted by Crippen LogP contribution is 2.36. The molecule has 8 nitrogen and oxygen atoms in total. The van der Waals surface area contributed by atoms with Crippen LogP contribution in [0.3, 0.4) is 0 Å². The number of carbonyl (C=O) groups excluding carboxylic acids is 2. The number of esters is 1.